The molecule has 0 spiro atoms. The zero-order valence-electron chi connectivity index (χ0n) is 11.4. The molecule has 0 amide bonds. The van der Waals surface area contributed by atoms with Gasteiger partial charge in [-0.3, -0.25) is 4.68 Å². The van der Waals surface area contributed by atoms with Gasteiger partial charge in [-0.15, -0.1) is 0 Å². The Balaban J connectivity index is 2.61. The van der Waals surface area contributed by atoms with Crippen molar-refractivity contribution in [1.29, 1.82) is 0 Å². The third kappa shape index (κ3) is 2.67. The van der Waals surface area contributed by atoms with Crippen molar-refractivity contribution in [2.24, 2.45) is 0 Å². The smallest absolute Gasteiger partial charge is 0.337 e. The van der Waals surface area contributed by atoms with Gasteiger partial charge < -0.3 is 4.74 Å². The van der Waals surface area contributed by atoms with E-state index in [9.17, 15) is 9.18 Å². The van der Waals surface area contributed by atoms with Gasteiger partial charge in [0, 0.05) is 11.6 Å². The van der Waals surface area contributed by atoms with Crippen molar-refractivity contribution in [3.63, 3.8) is 0 Å². The zero-order chi connectivity index (χ0) is 14.9. The number of aromatic nitrogens is 2. The summed E-state index contributed by atoms with van der Waals surface area (Å²) in [6.45, 7) is 3.88. The maximum absolute atomic E-state index is 13.7. The number of esters is 1. The number of carbonyl (C=O) groups excluding carboxylic acids is 1. The van der Waals surface area contributed by atoms with Crippen molar-refractivity contribution < 1.29 is 13.9 Å². The van der Waals surface area contributed by atoms with E-state index in [2.05, 4.69) is 9.84 Å². The van der Waals surface area contributed by atoms with Gasteiger partial charge in [-0.25, -0.2) is 9.18 Å². The Bertz CT molecular complexity index is 653. The molecule has 0 saturated carbocycles. The van der Waals surface area contributed by atoms with Crippen molar-refractivity contribution in [2.75, 3.05) is 7.11 Å². The van der Waals surface area contributed by atoms with Gasteiger partial charge in [0.1, 0.15) is 5.82 Å². The predicted molar refractivity (Wildman–Crippen MR) is 74.4 cm³/mol. The lowest BCUT2D eigenvalue weighted by molar-refractivity contribution is 0.0600. The summed E-state index contributed by atoms with van der Waals surface area (Å²) in [7, 11) is 1.25. The van der Waals surface area contributed by atoms with Gasteiger partial charge >= 0.3 is 5.97 Å². The highest BCUT2D eigenvalue weighted by atomic mass is 35.5. The van der Waals surface area contributed by atoms with Crippen LogP contribution in [0, 0.1) is 5.82 Å². The Kier molecular flexibility index (Phi) is 4.09. The van der Waals surface area contributed by atoms with Crippen LogP contribution in [0.4, 0.5) is 4.39 Å². The largest absolute Gasteiger partial charge is 0.465 e. The van der Waals surface area contributed by atoms with E-state index in [1.807, 2.05) is 13.8 Å². The summed E-state index contributed by atoms with van der Waals surface area (Å²) in [5.41, 5.74) is 1.20. The third-order valence-electron chi connectivity index (χ3n) is 2.83. The maximum Gasteiger partial charge on any atom is 0.337 e. The molecule has 20 heavy (non-hydrogen) atoms. The Hall–Kier alpha value is -1.88. The number of halogens is 2. The molecule has 2 aromatic rings. The van der Waals surface area contributed by atoms with Crippen LogP contribution in [0.1, 0.15) is 30.2 Å². The standard InChI is InChI=1S/C14H14ClFN2O2/c1-8(2)18-13(12(15)7-17-18)9-4-10(14(19)20-3)6-11(16)5-9/h4-8H,1-3H3. The molecule has 1 aromatic carbocycles. The molecule has 0 unspecified atom stereocenters. The highest BCUT2D eigenvalue weighted by Gasteiger charge is 2.17. The number of ether oxygens (including phenoxy) is 1. The molecule has 0 aliphatic carbocycles. The average Bonchev–Trinajstić information content (AvgIpc) is 2.79. The predicted octanol–water partition coefficient (Wildman–Crippen LogP) is 3.71. The molecule has 0 fully saturated rings. The molecule has 1 aromatic heterocycles. The molecule has 6 heteroatoms. The first kappa shape index (κ1) is 14.5. The van der Waals surface area contributed by atoms with Crippen LogP contribution in [0.15, 0.2) is 24.4 Å². The average molecular weight is 297 g/mol. The number of hydrogen-bond acceptors (Lipinski definition) is 3. The summed E-state index contributed by atoms with van der Waals surface area (Å²) in [6, 6.07) is 4.03. The van der Waals surface area contributed by atoms with Gasteiger partial charge in [0.05, 0.1) is 29.6 Å². The summed E-state index contributed by atoms with van der Waals surface area (Å²) in [5, 5.41) is 4.56. The fraction of sp³-hybridized carbons (Fsp3) is 0.286. The van der Waals surface area contributed by atoms with Gasteiger partial charge in [-0.2, -0.15) is 5.10 Å². The number of nitrogens with zero attached hydrogens (tertiary/aromatic N) is 2. The molecule has 0 aliphatic heterocycles. The van der Waals surface area contributed by atoms with Crippen LogP contribution in [0.2, 0.25) is 5.02 Å². The Morgan fingerprint density at radius 1 is 1.40 bits per heavy atom. The molecule has 0 radical (unpaired) electrons. The van der Waals surface area contributed by atoms with Crippen molar-refractivity contribution in [3.05, 3.63) is 40.8 Å². The molecule has 0 saturated heterocycles. The van der Waals surface area contributed by atoms with E-state index >= 15 is 0 Å². The molecule has 0 atom stereocenters. The summed E-state index contributed by atoms with van der Waals surface area (Å²) in [4.78, 5) is 11.5. The number of carbonyl (C=O) groups is 1. The second-order valence-corrected chi connectivity index (χ2v) is 5.01. The van der Waals surface area contributed by atoms with E-state index in [-0.39, 0.29) is 11.6 Å². The fourth-order valence-electron chi connectivity index (χ4n) is 1.96. The Morgan fingerprint density at radius 2 is 2.10 bits per heavy atom. The lowest BCUT2D eigenvalue weighted by atomic mass is 10.1. The van der Waals surface area contributed by atoms with Crippen molar-refractivity contribution in [2.45, 2.75) is 19.9 Å². The van der Waals surface area contributed by atoms with Crippen LogP contribution >= 0.6 is 11.6 Å². The molecule has 106 valence electrons. The van der Waals surface area contributed by atoms with Crippen molar-refractivity contribution >= 4 is 17.6 Å². The number of benzene rings is 1. The lowest BCUT2D eigenvalue weighted by Gasteiger charge is -2.12. The minimum Gasteiger partial charge on any atom is -0.465 e. The van der Waals surface area contributed by atoms with E-state index in [0.717, 1.165) is 6.07 Å². The number of hydrogen-bond donors (Lipinski definition) is 0. The van der Waals surface area contributed by atoms with E-state index in [0.29, 0.717) is 16.3 Å². The van der Waals surface area contributed by atoms with Gasteiger partial charge in [0.15, 0.2) is 0 Å². The lowest BCUT2D eigenvalue weighted by Crippen LogP contribution is -2.06. The van der Waals surface area contributed by atoms with E-state index in [4.69, 9.17) is 11.6 Å². The second-order valence-electron chi connectivity index (χ2n) is 4.60. The first-order valence-electron chi connectivity index (χ1n) is 6.06. The van der Waals surface area contributed by atoms with Crippen LogP contribution in [0.3, 0.4) is 0 Å². The molecule has 2 rings (SSSR count). The third-order valence-corrected chi connectivity index (χ3v) is 3.11. The topological polar surface area (TPSA) is 44.1 Å². The first-order chi connectivity index (χ1) is 9.43. The van der Waals surface area contributed by atoms with Crippen molar-refractivity contribution in [3.8, 4) is 11.3 Å². The molecular formula is C14H14ClFN2O2. The molecule has 0 N–H and O–H groups in total. The van der Waals surface area contributed by atoms with Crippen LogP contribution in [-0.2, 0) is 4.74 Å². The molecular weight excluding hydrogens is 283 g/mol. The number of rotatable bonds is 3. The Labute approximate surface area is 121 Å². The van der Waals surface area contributed by atoms with Gasteiger partial charge in [-0.05, 0) is 32.0 Å². The summed E-state index contributed by atoms with van der Waals surface area (Å²) in [5.74, 6) is -1.13. The SMILES string of the molecule is COC(=O)c1cc(F)cc(-c2c(Cl)cnn2C(C)C)c1. The first-order valence-corrected chi connectivity index (χ1v) is 6.44. The van der Waals surface area contributed by atoms with Gasteiger partial charge in [-0.1, -0.05) is 11.6 Å². The zero-order valence-corrected chi connectivity index (χ0v) is 12.1. The highest BCUT2D eigenvalue weighted by Crippen LogP contribution is 2.31. The highest BCUT2D eigenvalue weighted by molar-refractivity contribution is 6.33. The van der Waals surface area contributed by atoms with Crippen molar-refractivity contribution in [1.82, 2.24) is 9.78 Å². The minimum atomic E-state index is -0.600. The van der Waals surface area contributed by atoms with Crippen LogP contribution in [0.25, 0.3) is 11.3 Å². The normalized spacial score (nSPS) is 10.9. The molecule has 0 aliphatic rings. The summed E-state index contributed by atoms with van der Waals surface area (Å²) < 4.78 is 20.0. The van der Waals surface area contributed by atoms with Crippen LogP contribution in [0.5, 0.6) is 0 Å². The maximum atomic E-state index is 13.7. The van der Waals surface area contributed by atoms with Crippen LogP contribution in [-0.4, -0.2) is 22.9 Å². The van der Waals surface area contributed by atoms with Crippen LogP contribution < -0.4 is 0 Å². The quantitative estimate of drug-likeness (QED) is 0.811. The molecule has 4 nitrogen and oxygen atoms in total. The van der Waals surface area contributed by atoms with Gasteiger partial charge in [0.25, 0.3) is 0 Å². The van der Waals surface area contributed by atoms with Gasteiger partial charge in [0.2, 0.25) is 0 Å². The Morgan fingerprint density at radius 3 is 2.70 bits per heavy atom. The van der Waals surface area contributed by atoms with E-state index < -0.39 is 11.8 Å². The van der Waals surface area contributed by atoms with E-state index in [1.165, 1.54) is 25.4 Å². The second kappa shape index (κ2) is 5.63. The molecule has 0 bridgehead atoms. The van der Waals surface area contributed by atoms with E-state index in [1.54, 1.807) is 4.68 Å². The summed E-state index contributed by atoms with van der Waals surface area (Å²) >= 11 is 6.12. The number of methoxy groups -OCH3 is 1. The molecule has 1 heterocycles. The summed E-state index contributed by atoms with van der Waals surface area (Å²) in [6.07, 6.45) is 1.50. The minimum absolute atomic E-state index is 0.0577. The monoisotopic (exact) mass is 296 g/mol. The fourth-order valence-corrected chi connectivity index (χ4v) is 2.20.